The van der Waals surface area contributed by atoms with E-state index in [0.29, 0.717) is 4.47 Å². The number of benzene rings is 1. The van der Waals surface area contributed by atoms with Crippen molar-refractivity contribution in [2.24, 2.45) is 7.05 Å². The molecule has 0 fully saturated rings. The highest BCUT2D eigenvalue weighted by Crippen LogP contribution is 2.28. The third kappa shape index (κ3) is 3.55. The Morgan fingerprint density at radius 3 is 2.62 bits per heavy atom. The molecule has 1 unspecified atom stereocenters. The van der Waals surface area contributed by atoms with E-state index < -0.39 is 0 Å². The van der Waals surface area contributed by atoms with E-state index in [2.05, 4.69) is 49.2 Å². The molecule has 1 aromatic heterocycles. The van der Waals surface area contributed by atoms with Crippen LogP contribution in [0.4, 0.5) is 4.39 Å². The van der Waals surface area contributed by atoms with Gasteiger partial charge in [0.05, 0.1) is 20.3 Å². The predicted molar refractivity (Wildman–Crippen MR) is 89.9 cm³/mol. The minimum atomic E-state index is -0.244. The van der Waals surface area contributed by atoms with Crippen LogP contribution >= 0.6 is 31.9 Å². The van der Waals surface area contributed by atoms with Gasteiger partial charge in [0.25, 0.3) is 0 Å². The van der Waals surface area contributed by atoms with Gasteiger partial charge in [0.1, 0.15) is 5.82 Å². The lowest BCUT2D eigenvalue weighted by Gasteiger charge is -2.17. The van der Waals surface area contributed by atoms with Gasteiger partial charge in [-0.25, -0.2) is 4.39 Å². The quantitative estimate of drug-likeness (QED) is 0.790. The second-order valence-corrected chi connectivity index (χ2v) is 6.55. The van der Waals surface area contributed by atoms with Crippen molar-refractivity contribution in [2.75, 3.05) is 7.05 Å². The summed E-state index contributed by atoms with van der Waals surface area (Å²) < 4.78 is 17.2. The summed E-state index contributed by atoms with van der Waals surface area (Å²) >= 11 is 6.81. The molecule has 0 aliphatic heterocycles. The van der Waals surface area contributed by atoms with E-state index in [1.807, 2.05) is 24.8 Å². The summed E-state index contributed by atoms with van der Waals surface area (Å²) in [6.45, 7) is 2.08. The summed E-state index contributed by atoms with van der Waals surface area (Å²) in [5, 5.41) is 7.75. The van der Waals surface area contributed by atoms with Gasteiger partial charge in [0, 0.05) is 19.5 Å². The molecule has 6 heteroatoms. The van der Waals surface area contributed by atoms with Gasteiger partial charge in [-0.05, 0) is 63.0 Å². The number of likely N-dealkylation sites (N-methyl/N-ethyl adjacent to an activating group) is 1. The van der Waals surface area contributed by atoms with Crippen LogP contribution in [0.3, 0.4) is 0 Å². The second kappa shape index (κ2) is 7.03. The molecule has 0 aliphatic carbocycles. The Morgan fingerprint density at radius 1 is 1.38 bits per heavy atom. The summed E-state index contributed by atoms with van der Waals surface area (Å²) in [7, 11) is 3.82. The Hall–Kier alpha value is -0.720. The first kappa shape index (κ1) is 16.6. The van der Waals surface area contributed by atoms with Crippen molar-refractivity contribution in [3.63, 3.8) is 0 Å². The number of nitrogens with zero attached hydrogens (tertiary/aromatic N) is 2. The highest BCUT2D eigenvalue weighted by molar-refractivity contribution is 9.10. The number of hydrogen-bond donors (Lipinski definition) is 1. The first-order valence-corrected chi connectivity index (χ1v) is 8.39. The molecule has 0 saturated carbocycles. The van der Waals surface area contributed by atoms with Crippen LogP contribution in [-0.4, -0.2) is 16.8 Å². The number of halogens is 3. The molecule has 1 heterocycles. The molecule has 1 atom stereocenters. The Bertz CT molecular complexity index is 640. The van der Waals surface area contributed by atoms with Crippen molar-refractivity contribution in [1.82, 2.24) is 15.1 Å². The molecule has 2 rings (SSSR count). The Balaban J connectivity index is 2.31. The van der Waals surface area contributed by atoms with E-state index in [4.69, 9.17) is 0 Å². The molecule has 3 nitrogen and oxygen atoms in total. The zero-order valence-corrected chi connectivity index (χ0v) is 15.4. The van der Waals surface area contributed by atoms with Crippen LogP contribution < -0.4 is 5.32 Å². The molecule has 114 valence electrons. The molecule has 0 spiro atoms. The van der Waals surface area contributed by atoms with Crippen molar-refractivity contribution < 1.29 is 4.39 Å². The molecule has 21 heavy (non-hydrogen) atoms. The highest BCUT2D eigenvalue weighted by atomic mass is 79.9. The standard InChI is InChI=1S/C15H18Br2FN3/c1-4-12-15(17)14(21(3)20-12)8-13(19-2)9-5-6-10(16)11(18)7-9/h5-7,13,19H,4,8H2,1-3H3. The molecule has 2 aromatic rings. The van der Waals surface area contributed by atoms with E-state index in [-0.39, 0.29) is 11.9 Å². The summed E-state index contributed by atoms with van der Waals surface area (Å²) in [6, 6.07) is 5.27. The third-order valence-electron chi connectivity index (χ3n) is 3.59. The van der Waals surface area contributed by atoms with Crippen molar-refractivity contribution in [2.45, 2.75) is 25.8 Å². The van der Waals surface area contributed by atoms with E-state index in [1.165, 1.54) is 0 Å². The fourth-order valence-corrected chi connectivity index (χ4v) is 3.38. The minimum Gasteiger partial charge on any atom is -0.313 e. The third-order valence-corrected chi connectivity index (χ3v) is 5.15. The van der Waals surface area contributed by atoms with Crippen LogP contribution in [0, 0.1) is 5.82 Å². The average Bonchev–Trinajstić information content (AvgIpc) is 2.74. The van der Waals surface area contributed by atoms with E-state index in [1.54, 1.807) is 12.1 Å². The van der Waals surface area contributed by atoms with Crippen LogP contribution in [0.15, 0.2) is 27.1 Å². The summed E-state index contributed by atoms with van der Waals surface area (Å²) in [5.74, 6) is -0.244. The summed E-state index contributed by atoms with van der Waals surface area (Å²) in [4.78, 5) is 0. The Labute approximate surface area is 141 Å². The lowest BCUT2D eigenvalue weighted by molar-refractivity contribution is 0.551. The molecule has 0 saturated heterocycles. The fourth-order valence-electron chi connectivity index (χ4n) is 2.35. The first-order chi connectivity index (χ1) is 9.97. The molecular weight excluding hydrogens is 401 g/mol. The number of rotatable bonds is 5. The topological polar surface area (TPSA) is 29.9 Å². The minimum absolute atomic E-state index is 0.0315. The number of nitrogens with one attached hydrogen (secondary N) is 1. The number of aryl methyl sites for hydroxylation is 2. The van der Waals surface area contributed by atoms with Gasteiger partial charge in [0.15, 0.2) is 0 Å². The van der Waals surface area contributed by atoms with Gasteiger partial charge < -0.3 is 5.32 Å². The smallest absolute Gasteiger partial charge is 0.137 e. The second-order valence-electron chi connectivity index (χ2n) is 4.90. The van der Waals surface area contributed by atoms with Crippen molar-refractivity contribution >= 4 is 31.9 Å². The molecule has 1 aromatic carbocycles. The monoisotopic (exact) mass is 417 g/mol. The molecule has 0 radical (unpaired) electrons. The van der Waals surface area contributed by atoms with E-state index in [9.17, 15) is 4.39 Å². The van der Waals surface area contributed by atoms with Gasteiger partial charge in [-0.1, -0.05) is 13.0 Å². The Morgan fingerprint density at radius 2 is 2.10 bits per heavy atom. The van der Waals surface area contributed by atoms with Gasteiger partial charge in [-0.2, -0.15) is 5.10 Å². The zero-order chi connectivity index (χ0) is 15.6. The summed E-state index contributed by atoms with van der Waals surface area (Å²) in [6.07, 6.45) is 1.62. The number of aromatic nitrogens is 2. The molecule has 1 N–H and O–H groups in total. The van der Waals surface area contributed by atoms with Crippen LogP contribution in [0.25, 0.3) is 0 Å². The van der Waals surface area contributed by atoms with Crippen LogP contribution in [0.2, 0.25) is 0 Å². The van der Waals surface area contributed by atoms with E-state index >= 15 is 0 Å². The maximum absolute atomic E-state index is 13.7. The van der Waals surface area contributed by atoms with Crippen molar-refractivity contribution in [3.8, 4) is 0 Å². The maximum atomic E-state index is 13.7. The van der Waals surface area contributed by atoms with Gasteiger partial charge in [0.2, 0.25) is 0 Å². The summed E-state index contributed by atoms with van der Waals surface area (Å²) in [5.41, 5.74) is 3.07. The van der Waals surface area contributed by atoms with Crippen molar-refractivity contribution in [1.29, 1.82) is 0 Å². The van der Waals surface area contributed by atoms with Gasteiger partial charge >= 0.3 is 0 Å². The average molecular weight is 419 g/mol. The molecular formula is C15H18Br2FN3. The normalized spacial score (nSPS) is 12.7. The molecule has 0 amide bonds. The molecule has 0 bridgehead atoms. The van der Waals surface area contributed by atoms with E-state index in [0.717, 1.165) is 34.3 Å². The largest absolute Gasteiger partial charge is 0.313 e. The predicted octanol–water partition coefficient (Wildman–Crippen LogP) is 4.15. The van der Waals surface area contributed by atoms with Crippen LogP contribution in [-0.2, 0) is 19.9 Å². The van der Waals surface area contributed by atoms with Crippen LogP contribution in [0.5, 0.6) is 0 Å². The lowest BCUT2D eigenvalue weighted by Crippen LogP contribution is -2.20. The van der Waals surface area contributed by atoms with Gasteiger partial charge in [-0.3, -0.25) is 4.68 Å². The van der Waals surface area contributed by atoms with Crippen molar-refractivity contribution in [3.05, 3.63) is 49.9 Å². The maximum Gasteiger partial charge on any atom is 0.137 e. The van der Waals surface area contributed by atoms with Gasteiger partial charge in [-0.15, -0.1) is 0 Å². The number of hydrogen-bond acceptors (Lipinski definition) is 2. The first-order valence-electron chi connectivity index (χ1n) is 6.80. The Kier molecular flexibility index (Phi) is 5.57. The lowest BCUT2D eigenvalue weighted by atomic mass is 10.0. The molecule has 0 aliphatic rings. The highest BCUT2D eigenvalue weighted by Gasteiger charge is 2.18. The zero-order valence-electron chi connectivity index (χ0n) is 12.3. The SMILES string of the molecule is CCc1nn(C)c(CC(NC)c2ccc(Br)c(F)c2)c1Br. The van der Waals surface area contributed by atoms with Crippen LogP contribution in [0.1, 0.15) is 29.9 Å². The fraction of sp³-hybridized carbons (Fsp3) is 0.400.